The maximum Gasteiger partial charge on any atom is 0.232 e. The molecule has 1 fully saturated rings. The second-order valence-corrected chi connectivity index (χ2v) is 8.56. The van der Waals surface area contributed by atoms with E-state index >= 15 is 0 Å². The zero-order valence-corrected chi connectivity index (χ0v) is 13.9. The van der Waals surface area contributed by atoms with Gasteiger partial charge in [-0.1, -0.05) is 0 Å². The quantitative estimate of drug-likeness (QED) is 0.560. The number of pyridine rings is 1. The summed E-state index contributed by atoms with van der Waals surface area (Å²) in [5.74, 6) is 0.00681. The van der Waals surface area contributed by atoms with E-state index in [1.807, 2.05) is 13.0 Å². The standard InChI is InChI=1S/C11H12ClIN2O3S/c1-7-2-10(14-4-9(7)13)15-5-8(3-11(15)16)6-19(12,17)18/h2,4,8H,3,5-6H2,1H3. The SMILES string of the molecule is Cc1cc(N2CC(CS(=O)(=O)Cl)CC2=O)ncc1I. The van der Waals surface area contributed by atoms with Crippen molar-refractivity contribution in [1.29, 1.82) is 0 Å². The van der Waals surface area contributed by atoms with Crippen LogP contribution in [0.4, 0.5) is 5.82 Å². The van der Waals surface area contributed by atoms with Gasteiger partial charge >= 0.3 is 0 Å². The molecular formula is C11H12ClIN2O3S. The van der Waals surface area contributed by atoms with Crippen LogP contribution in [0.5, 0.6) is 0 Å². The molecule has 1 aliphatic heterocycles. The number of hydrogen-bond acceptors (Lipinski definition) is 4. The van der Waals surface area contributed by atoms with Crippen LogP contribution in [0.3, 0.4) is 0 Å². The van der Waals surface area contributed by atoms with Crippen LogP contribution in [-0.2, 0) is 13.8 Å². The van der Waals surface area contributed by atoms with Gasteiger partial charge in [0.2, 0.25) is 15.0 Å². The van der Waals surface area contributed by atoms with Gasteiger partial charge in [-0.3, -0.25) is 9.69 Å². The Kier molecular flexibility index (Phi) is 4.36. The molecule has 104 valence electrons. The number of aryl methyl sites for hydroxylation is 1. The van der Waals surface area contributed by atoms with Gasteiger partial charge in [-0.25, -0.2) is 13.4 Å². The van der Waals surface area contributed by atoms with Crippen LogP contribution in [0.25, 0.3) is 0 Å². The van der Waals surface area contributed by atoms with E-state index < -0.39 is 9.05 Å². The summed E-state index contributed by atoms with van der Waals surface area (Å²) in [6, 6.07) is 1.83. The minimum atomic E-state index is -3.58. The van der Waals surface area contributed by atoms with Crippen molar-refractivity contribution in [2.75, 3.05) is 17.2 Å². The number of amides is 1. The first-order valence-electron chi connectivity index (χ1n) is 5.61. The average Bonchev–Trinajstić information content (AvgIpc) is 2.61. The monoisotopic (exact) mass is 414 g/mol. The fraction of sp³-hybridized carbons (Fsp3) is 0.455. The summed E-state index contributed by atoms with van der Waals surface area (Å²) in [4.78, 5) is 17.7. The molecule has 19 heavy (non-hydrogen) atoms. The summed E-state index contributed by atoms with van der Waals surface area (Å²) in [7, 11) is 1.65. The first kappa shape index (κ1) is 15.0. The summed E-state index contributed by atoms with van der Waals surface area (Å²) in [6.07, 6.45) is 1.89. The zero-order valence-electron chi connectivity index (χ0n) is 10.1. The average molecular weight is 415 g/mol. The van der Waals surface area contributed by atoms with E-state index in [4.69, 9.17) is 10.7 Å². The van der Waals surface area contributed by atoms with Crippen LogP contribution >= 0.6 is 33.3 Å². The number of carbonyl (C=O) groups excluding carboxylic acids is 1. The Hall–Kier alpha value is -0.410. The first-order chi connectivity index (χ1) is 8.76. The van der Waals surface area contributed by atoms with Crippen LogP contribution < -0.4 is 4.90 Å². The highest BCUT2D eigenvalue weighted by Gasteiger charge is 2.33. The van der Waals surface area contributed by atoms with E-state index in [0.29, 0.717) is 12.4 Å². The number of anilines is 1. The maximum absolute atomic E-state index is 11.9. The van der Waals surface area contributed by atoms with Crippen molar-refractivity contribution in [3.8, 4) is 0 Å². The lowest BCUT2D eigenvalue weighted by Crippen LogP contribution is -2.26. The lowest BCUT2D eigenvalue weighted by Gasteiger charge is -2.16. The van der Waals surface area contributed by atoms with Gasteiger partial charge in [0.05, 0.1) is 5.75 Å². The fourth-order valence-electron chi connectivity index (χ4n) is 2.07. The van der Waals surface area contributed by atoms with E-state index in [1.165, 1.54) is 4.90 Å². The lowest BCUT2D eigenvalue weighted by molar-refractivity contribution is -0.117. The third-order valence-corrected chi connectivity index (χ3v) is 5.33. The number of aromatic nitrogens is 1. The third-order valence-electron chi connectivity index (χ3n) is 2.95. The van der Waals surface area contributed by atoms with Crippen LogP contribution in [0.1, 0.15) is 12.0 Å². The molecular weight excluding hydrogens is 403 g/mol. The second kappa shape index (κ2) is 5.53. The van der Waals surface area contributed by atoms with Crippen molar-refractivity contribution in [2.45, 2.75) is 13.3 Å². The highest BCUT2D eigenvalue weighted by molar-refractivity contribution is 14.1. The number of halogens is 2. The molecule has 1 saturated heterocycles. The van der Waals surface area contributed by atoms with Crippen molar-refractivity contribution in [3.63, 3.8) is 0 Å². The van der Waals surface area contributed by atoms with E-state index in [9.17, 15) is 13.2 Å². The van der Waals surface area contributed by atoms with Crippen LogP contribution in [0.15, 0.2) is 12.3 Å². The number of rotatable bonds is 3. The Labute approximate surface area is 129 Å². The van der Waals surface area contributed by atoms with Crippen LogP contribution in [0.2, 0.25) is 0 Å². The van der Waals surface area contributed by atoms with Crippen molar-refractivity contribution in [2.24, 2.45) is 5.92 Å². The molecule has 1 aliphatic rings. The molecule has 5 nitrogen and oxygen atoms in total. The van der Waals surface area contributed by atoms with Gasteiger partial charge in [-0.15, -0.1) is 0 Å². The van der Waals surface area contributed by atoms with Gasteiger partial charge in [0, 0.05) is 39.3 Å². The van der Waals surface area contributed by atoms with Gasteiger partial charge in [0.25, 0.3) is 0 Å². The van der Waals surface area contributed by atoms with E-state index in [2.05, 4.69) is 27.6 Å². The van der Waals surface area contributed by atoms with E-state index in [-0.39, 0.29) is 24.0 Å². The molecule has 2 rings (SSSR count). The molecule has 0 bridgehead atoms. The zero-order chi connectivity index (χ0) is 14.2. The molecule has 0 saturated carbocycles. The second-order valence-electron chi connectivity index (χ2n) is 4.57. The van der Waals surface area contributed by atoms with E-state index in [1.54, 1.807) is 6.20 Å². The molecule has 0 N–H and O–H groups in total. The lowest BCUT2D eigenvalue weighted by atomic mass is 10.1. The molecule has 0 aliphatic carbocycles. The molecule has 1 unspecified atom stereocenters. The Morgan fingerprint density at radius 1 is 1.58 bits per heavy atom. The van der Waals surface area contributed by atoms with E-state index in [0.717, 1.165) is 9.13 Å². The first-order valence-corrected chi connectivity index (χ1v) is 9.17. The van der Waals surface area contributed by atoms with Crippen molar-refractivity contribution in [1.82, 2.24) is 4.98 Å². The minimum Gasteiger partial charge on any atom is -0.296 e. The Bertz CT molecular complexity index is 620. The molecule has 0 spiro atoms. The Balaban J connectivity index is 2.18. The summed E-state index contributed by atoms with van der Waals surface area (Å²) in [5.41, 5.74) is 1.03. The summed E-state index contributed by atoms with van der Waals surface area (Å²) >= 11 is 2.17. The third kappa shape index (κ3) is 3.79. The molecule has 0 radical (unpaired) electrons. The minimum absolute atomic E-state index is 0.113. The molecule has 1 aromatic heterocycles. The topological polar surface area (TPSA) is 67.3 Å². The molecule has 0 aromatic carbocycles. The predicted octanol–water partition coefficient (Wildman–Crippen LogP) is 1.92. The highest BCUT2D eigenvalue weighted by Crippen LogP contribution is 2.26. The van der Waals surface area contributed by atoms with Gasteiger partial charge in [0.15, 0.2) is 0 Å². The van der Waals surface area contributed by atoms with Crippen LogP contribution in [-0.4, -0.2) is 31.6 Å². The van der Waals surface area contributed by atoms with Gasteiger partial charge < -0.3 is 0 Å². The molecule has 2 heterocycles. The fourth-order valence-corrected chi connectivity index (χ4v) is 3.68. The maximum atomic E-state index is 11.9. The highest BCUT2D eigenvalue weighted by atomic mass is 127. The predicted molar refractivity (Wildman–Crippen MR) is 81.8 cm³/mol. The Morgan fingerprint density at radius 2 is 2.26 bits per heavy atom. The number of carbonyl (C=O) groups is 1. The summed E-state index contributed by atoms with van der Waals surface area (Å²) in [5, 5.41) is 0. The smallest absolute Gasteiger partial charge is 0.232 e. The summed E-state index contributed by atoms with van der Waals surface area (Å²) in [6.45, 7) is 2.28. The largest absolute Gasteiger partial charge is 0.296 e. The van der Waals surface area contributed by atoms with Crippen molar-refractivity contribution >= 4 is 54.0 Å². The van der Waals surface area contributed by atoms with Crippen molar-refractivity contribution in [3.05, 3.63) is 21.4 Å². The molecule has 1 aromatic rings. The number of nitrogens with zero attached hydrogens (tertiary/aromatic N) is 2. The van der Waals surface area contributed by atoms with Gasteiger partial charge in [0.1, 0.15) is 5.82 Å². The Morgan fingerprint density at radius 3 is 2.84 bits per heavy atom. The molecule has 8 heteroatoms. The van der Waals surface area contributed by atoms with Crippen LogP contribution in [0, 0.1) is 16.4 Å². The normalized spacial score (nSPS) is 20.1. The van der Waals surface area contributed by atoms with Gasteiger partial charge in [-0.2, -0.15) is 0 Å². The number of hydrogen-bond donors (Lipinski definition) is 0. The van der Waals surface area contributed by atoms with Crippen molar-refractivity contribution < 1.29 is 13.2 Å². The summed E-state index contributed by atoms with van der Waals surface area (Å²) < 4.78 is 23.1. The molecule has 1 amide bonds. The molecule has 1 atom stereocenters. The van der Waals surface area contributed by atoms with Gasteiger partial charge in [-0.05, 0) is 41.1 Å².